The van der Waals surface area contributed by atoms with E-state index >= 15 is 0 Å². The number of aliphatic imine (C=N–C) groups is 1. The van der Waals surface area contributed by atoms with Crippen LogP contribution in [0.15, 0.2) is 27.0 Å². The van der Waals surface area contributed by atoms with Crippen molar-refractivity contribution in [2.24, 2.45) is 4.99 Å². The van der Waals surface area contributed by atoms with E-state index in [0.29, 0.717) is 18.3 Å². The standard InChI is InChI=1S/C12H17N5OS/c1-9-16-11(17-18-9)8-15-12(13-2)14-6-5-10-4-3-7-19-10/h3-4,7H,5-6,8H2,1-2H3,(H2,13,14,15). The molecule has 0 aliphatic carbocycles. The van der Waals surface area contributed by atoms with Crippen LogP contribution in [0.2, 0.25) is 0 Å². The van der Waals surface area contributed by atoms with Gasteiger partial charge >= 0.3 is 0 Å². The summed E-state index contributed by atoms with van der Waals surface area (Å²) in [7, 11) is 1.74. The number of hydrogen-bond acceptors (Lipinski definition) is 5. The fourth-order valence-corrected chi connectivity index (χ4v) is 2.26. The molecule has 2 aromatic heterocycles. The Morgan fingerprint density at radius 1 is 1.47 bits per heavy atom. The van der Waals surface area contributed by atoms with Crippen LogP contribution in [0.3, 0.4) is 0 Å². The van der Waals surface area contributed by atoms with Gasteiger partial charge < -0.3 is 15.2 Å². The van der Waals surface area contributed by atoms with E-state index in [1.165, 1.54) is 4.88 Å². The van der Waals surface area contributed by atoms with Crippen LogP contribution in [0, 0.1) is 6.92 Å². The number of guanidine groups is 1. The monoisotopic (exact) mass is 279 g/mol. The molecule has 19 heavy (non-hydrogen) atoms. The summed E-state index contributed by atoms with van der Waals surface area (Å²) >= 11 is 1.76. The van der Waals surface area contributed by atoms with Crippen molar-refractivity contribution in [2.75, 3.05) is 13.6 Å². The molecule has 2 aromatic rings. The average molecular weight is 279 g/mol. The second kappa shape index (κ2) is 6.89. The maximum atomic E-state index is 4.90. The zero-order chi connectivity index (χ0) is 13.5. The van der Waals surface area contributed by atoms with Crippen molar-refractivity contribution in [3.05, 3.63) is 34.1 Å². The molecule has 0 saturated carbocycles. The highest BCUT2D eigenvalue weighted by molar-refractivity contribution is 7.09. The van der Waals surface area contributed by atoms with Crippen molar-refractivity contribution in [1.29, 1.82) is 0 Å². The van der Waals surface area contributed by atoms with Gasteiger partial charge in [0.05, 0.1) is 6.54 Å². The summed E-state index contributed by atoms with van der Waals surface area (Å²) in [4.78, 5) is 9.61. The van der Waals surface area contributed by atoms with Gasteiger partial charge in [-0.15, -0.1) is 11.3 Å². The van der Waals surface area contributed by atoms with Gasteiger partial charge in [0.1, 0.15) is 0 Å². The van der Waals surface area contributed by atoms with Gasteiger partial charge in [-0.2, -0.15) is 4.98 Å². The Balaban J connectivity index is 1.71. The molecule has 0 saturated heterocycles. The summed E-state index contributed by atoms with van der Waals surface area (Å²) in [5, 5.41) is 12.3. The first kappa shape index (κ1) is 13.5. The van der Waals surface area contributed by atoms with Crippen LogP contribution in [0.4, 0.5) is 0 Å². The summed E-state index contributed by atoms with van der Waals surface area (Å²) in [5.74, 6) is 1.93. The largest absolute Gasteiger partial charge is 0.356 e. The molecule has 2 heterocycles. The maximum absolute atomic E-state index is 4.90. The molecule has 0 fully saturated rings. The van der Waals surface area contributed by atoms with Crippen LogP contribution in [0.25, 0.3) is 0 Å². The van der Waals surface area contributed by atoms with Crippen molar-refractivity contribution in [1.82, 2.24) is 20.8 Å². The van der Waals surface area contributed by atoms with Gasteiger partial charge in [0.2, 0.25) is 5.89 Å². The minimum absolute atomic E-state index is 0.496. The zero-order valence-corrected chi connectivity index (χ0v) is 11.8. The Hall–Kier alpha value is -1.89. The molecule has 0 amide bonds. The molecule has 0 atom stereocenters. The molecule has 0 aliphatic rings. The molecule has 2 N–H and O–H groups in total. The second-order valence-corrected chi connectivity index (χ2v) is 4.94. The first-order chi connectivity index (χ1) is 9.28. The lowest BCUT2D eigenvalue weighted by molar-refractivity contribution is 0.387. The van der Waals surface area contributed by atoms with Crippen molar-refractivity contribution < 1.29 is 4.52 Å². The van der Waals surface area contributed by atoms with E-state index in [1.54, 1.807) is 25.3 Å². The van der Waals surface area contributed by atoms with Crippen LogP contribution < -0.4 is 10.6 Å². The molecular weight excluding hydrogens is 262 g/mol. The molecule has 0 spiro atoms. The lowest BCUT2D eigenvalue weighted by Gasteiger charge is -2.09. The van der Waals surface area contributed by atoms with E-state index in [4.69, 9.17) is 4.52 Å². The topological polar surface area (TPSA) is 75.3 Å². The summed E-state index contributed by atoms with van der Waals surface area (Å²) < 4.78 is 4.90. The highest BCUT2D eigenvalue weighted by Crippen LogP contribution is 2.07. The molecule has 2 rings (SSSR count). The average Bonchev–Trinajstić information content (AvgIpc) is 3.05. The number of aromatic nitrogens is 2. The second-order valence-electron chi connectivity index (χ2n) is 3.91. The lowest BCUT2D eigenvalue weighted by Crippen LogP contribution is -2.38. The van der Waals surface area contributed by atoms with Gasteiger partial charge in [-0.1, -0.05) is 11.2 Å². The highest BCUT2D eigenvalue weighted by atomic mass is 32.1. The number of rotatable bonds is 5. The van der Waals surface area contributed by atoms with E-state index in [0.717, 1.165) is 18.9 Å². The third-order valence-corrected chi connectivity index (χ3v) is 3.39. The van der Waals surface area contributed by atoms with Crippen LogP contribution >= 0.6 is 11.3 Å². The lowest BCUT2D eigenvalue weighted by atomic mass is 10.3. The smallest absolute Gasteiger partial charge is 0.223 e. The predicted octanol–water partition coefficient (Wildman–Crippen LogP) is 1.35. The Bertz CT molecular complexity index is 520. The number of aryl methyl sites for hydroxylation is 1. The fraction of sp³-hybridized carbons (Fsp3) is 0.417. The van der Waals surface area contributed by atoms with Crippen LogP contribution in [-0.2, 0) is 13.0 Å². The first-order valence-electron chi connectivity index (χ1n) is 6.04. The summed E-state index contributed by atoms with van der Waals surface area (Å²) in [6.45, 7) is 3.10. The molecule has 7 heteroatoms. The van der Waals surface area contributed by atoms with Crippen LogP contribution in [-0.4, -0.2) is 29.7 Å². The number of nitrogens with one attached hydrogen (secondary N) is 2. The van der Waals surface area contributed by atoms with Gasteiger partial charge in [0, 0.05) is 25.4 Å². The van der Waals surface area contributed by atoms with Crippen molar-refractivity contribution in [3.63, 3.8) is 0 Å². The molecular formula is C12H17N5OS. The summed E-state index contributed by atoms with van der Waals surface area (Å²) in [6, 6.07) is 4.19. The zero-order valence-electron chi connectivity index (χ0n) is 11.0. The van der Waals surface area contributed by atoms with Crippen molar-refractivity contribution in [3.8, 4) is 0 Å². The third-order valence-electron chi connectivity index (χ3n) is 2.45. The quantitative estimate of drug-likeness (QED) is 0.638. The fourth-order valence-electron chi connectivity index (χ4n) is 1.56. The summed E-state index contributed by atoms with van der Waals surface area (Å²) in [5.41, 5.74) is 0. The maximum Gasteiger partial charge on any atom is 0.223 e. The van der Waals surface area contributed by atoms with E-state index in [2.05, 4.69) is 43.3 Å². The molecule has 0 aliphatic heterocycles. The highest BCUT2D eigenvalue weighted by Gasteiger charge is 2.03. The first-order valence-corrected chi connectivity index (χ1v) is 6.92. The van der Waals surface area contributed by atoms with Crippen molar-refractivity contribution in [2.45, 2.75) is 19.9 Å². The van der Waals surface area contributed by atoms with Gasteiger partial charge in [0.15, 0.2) is 11.8 Å². The molecule has 0 unspecified atom stereocenters. The Morgan fingerprint density at radius 2 is 2.37 bits per heavy atom. The molecule has 0 bridgehead atoms. The Kier molecular flexibility index (Phi) is 4.91. The number of hydrogen-bond donors (Lipinski definition) is 2. The molecule has 102 valence electrons. The van der Waals surface area contributed by atoms with Gasteiger partial charge in [-0.3, -0.25) is 4.99 Å². The Labute approximate surface area is 115 Å². The van der Waals surface area contributed by atoms with Gasteiger partial charge in [-0.05, 0) is 17.9 Å². The summed E-state index contributed by atoms with van der Waals surface area (Å²) in [6.07, 6.45) is 0.986. The van der Waals surface area contributed by atoms with Crippen LogP contribution in [0.5, 0.6) is 0 Å². The minimum Gasteiger partial charge on any atom is -0.356 e. The number of nitrogens with zero attached hydrogens (tertiary/aromatic N) is 3. The van der Waals surface area contributed by atoms with E-state index < -0.39 is 0 Å². The van der Waals surface area contributed by atoms with Crippen molar-refractivity contribution >= 4 is 17.3 Å². The van der Waals surface area contributed by atoms with E-state index in [-0.39, 0.29) is 0 Å². The van der Waals surface area contributed by atoms with Gasteiger partial charge in [0.25, 0.3) is 0 Å². The molecule has 0 radical (unpaired) electrons. The SMILES string of the molecule is CN=C(NCCc1cccs1)NCc1noc(C)n1. The number of thiophene rings is 1. The van der Waals surface area contributed by atoms with E-state index in [1.807, 2.05) is 0 Å². The van der Waals surface area contributed by atoms with Crippen LogP contribution in [0.1, 0.15) is 16.6 Å². The molecule has 0 aromatic carbocycles. The van der Waals surface area contributed by atoms with E-state index in [9.17, 15) is 0 Å². The Morgan fingerprint density at radius 3 is 3.00 bits per heavy atom. The predicted molar refractivity (Wildman–Crippen MR) is 75.3 cm³/mol. The van der Waals surface area contributed by atoms with Gasteiger partial charge in [-0.25, -0.2) is 0 Å². The third kappa shape index (κ3) is 4.36. The normalized spacial score (nSPS) is 11.6. The molecule has 6 nitrogen and oxygen atoms in total. The minimum atomic E-state index is 0.496.